The van der Waals surface area contributed by atoms with Gasteiger partial charge >= 0.3 is 6.18 Å². The predicted octanol–water partition coefficient (Wildman–Crippen LogP) is 2.67. The van der Waals surface area contributed by atoms with Crippen molar-refractivity contribution < 1.29 is 13.2 Å². The molecule has 0 aromatic carbocycles. The first-order chi connectivity index (χ1) is 15.7. The lowest BCUT2D eigenvalue weighted by molar-refractivity contribution is -0.149. The number of nitriles is 1. The van der Waals surface area contributed by atoms with Gasteiger partial charge in [0.1, 0.15) is 0 Å². The van der Waals surface area contributed by atoms with Gasteiger partial charge in [0, 0.05) is 49.4 Å². The summed E-state index contributed by atoms with van der Waals surface area (Å²) < 4.78 is 42.0. The highest BCUT2D eigenvalue weighted by molar-refractivity contribution is 6.11. The largest absolute Gasteiger partial charge is 0.404 e. The standard InChI is InChI=1S/C21H24F3N9/c1-15(3-5-25)32(14-21(22,23)24)8-7-27-10-16(9-26)20-19-4-6-28-33(19)13-18(30-20)17-11-29-31(2)12-17/h4,6,9-13,15H,3,7-8,14,26H2,1-2H3/b16-9+,27-10-. The summed E-state index contributed by atoms with van der Waals surface area (Å²) in [6.45, 7) is 0.632. The highest BCUT2D eigenvalue weighted by Crippen LogP contribution is 2.23. The van der Waals surface area contributed by atoms with Crippen LogP contribution in [0.25, 0.3) is 22.3 Å². The normalized spacial score (nSPS) is 13.8. The lowest BCUT2D eigenvalue weighted by Gasteiger charge is -2.27. The summed E-state index contributed by atoms with van der Waals surface area (Å²) in [6, 6.07) is 3.15. The van der Waals surface area contributed by atoms with Crippen LogP contribution in [0.5, 0.6) is 0 Å². The Kier molecular flexibility index (Phi) is 7.44. The average molecular weight is 459 g/mol. The van der Waals surface area contributed by atoms with E-state index in [-0.39, 0.29) is 19.5 Å². The average Bonchev–Trinajstić information content (AvgIpc) is 3.40. The molecule has 0 saturated carbocycles. The van der Waals surface area contributed by atoms with Crippen molar-refractivity contribution in [3.63, 3.8) is 0 Å². The summed E-state index contributed by atoms with van der Waals surface area (Å²) in [5.74, 6) is 0. The number of nitrogens with zero attached hydrogens (tertiary/aromatic N) is 8. The van der Waals surface area contributed by atoms with Crippen molar-refractivity contribution in [3.8, 4) is 17.3 Å². The minimum atomic E-state index is -4.36. The van der Waals surface area contributed by atoms with E-state index in [0.717, 1.165) is 5.56 Å². The molecule has 1 unspecified atom stereocenters. The number of rotatable bonds is 9. The predicted molar refractivity (Wildman–Crippen MR) is 118 cm³/mol. The number of halogens is 3. The molecule has 0 saturated heterocycles. The van der Waals surface area contributed by atoms with Crippen molar-refractivity contribution >= 4 is 17.3 Å². The molecule has 0 amide bonds. The second-order valence-electron chi connectivity index (χ2n) is 7.49. The van der Waals surface area contributed by atoms with E-state index in [9.17, 15) is 13.2 Å². The van der Waals surface area contributed by atoms with Gasteiger partial charge in [-0.3, -0.25) is 14.6 Å². The second-order valence-corrected chi connectivity index (χ2v) is 7.49. The molecule has 0 fully saturated rings. The number of nitrogens with two attached hydrogens (primary N) is 1. The van der Waals surface area contributed by atoms with E-state index in [1.165, 1.54) is 17.3 Å². The van der Waals surface area contributed by atoms with Gasteiger partial charge in [-0.15, -0.1) is 0 Å². The minimum Gasteiger partial charge on any atom is -0.404 e. The molecule has 3 rings (SSSR count). The van der Waals surface area contributed by atoms with Crippen LogP contribution in [-0.2, 0) is 7.05 Å². The number of hydrogen-bond donors (Lipinski definition) is 1. The summed E-state index contributed by atoms with van der Waals surface area (Å²) in [6.07, 6.45) is 5.37. The Labute approximate surface area is 188 Å². The molecule has 33 heavy (non-hydrogen) atoms. The van der Waals surface area contributed by atoms with Gasteiger partial charge in [0.15, 0.2) is 0 Å². The Morgan fingerprint density at radius 2 is 2.15 bits per heavy atom. The molecule has 3 aromatic rings. The highest BCUT2D eigenvalue weighted by Gasteiger charge is 2.32. The Hall–Kier alpha value is -3.72. The fraction of sp³-hybridized carbons (Fsp3) is 0.381. The monoisotopic (exact) mass is 459 g/mol. The van der Waals surface area contributed by atoms with Gasteiger partial charge < -0.3 is 5.73 Å². The quantitative estimate of drug-likeness (QED) is 0.492. The second kappa shape index (κ2) is 10.3. The molecule has 1 atom stereocenters. The van der Waals surface area contributed by atoms with Gasteiger partial charge in [0.2, 0.25) is 0 Å². The molecule has 0 aliphatic heterocycles. The lowest BCUT2D eigenvalue weighted by Crippen LogP contribution is -2.41. The van der Waals surface area contributed by atoms with Crippen LogP contribution in [0.3, 0.4) is 0 Å². The van der Waals surface area contributed by atoms with E-state index in [0.29, 0.717) is 22.5 Å². The highest BCUT2D eigenvalue weighted by atomic mass is 19.4. The summed E-state index contributed by atoms with van der Waals surface area (Å²) in [5, 5.41) is 17.3. The van der Waals surface area contributed by atoms with E-state index < -0.39 is 18.8 Å². The van der Waals surface area contributed by atoms with Crippen molar-refractivity contribution in [2.24, 2.45) is 17.8 Å². The van der Waals surface area contributed by atoms with Crippen LogP contribution in [0.2, 0.25) is 0 Å². The number of hydrogen-bond acceptors (Lipinski definition) is 7. The third-order valence-electron chi connectivity index (χ3n) is 4.98. The zero-order valence-corrected chi connectivity index (χ0v) is 18.2. The topological polar surface area (TPSA) is 113 Å². The van der Waals surface area contributed by atoms with Crippen LogP contribution in [0.1, 0.15) is 19.0 Å². The molecule has 174 valence electrons. The molecule has 0 bridgehead atoms. The van der Waals surface area contributed by atoms with E-state index in [1.54, 1.807) is 47.8 Å². The fourth-order valence-electron chi connectivity index (χ4n) is 3.31. The summed E-state index contributed by atoms with van der Waals surface area (Å²) >= 11 is 0. The zero-order valence-electron chi connectivity index (χ0n) is 18.2. The third-order valence-corrected chi connectivity index (χ3v) is 4.98. The Morgan fingerprint density at radius 1 is 1.36 bits per heavy atom. The Morgan fingerprint density at radius 3 is 2.79 bits per heavy atom. The van der Waals surface area contributed by atoms with E-state index in [1.807, 2.05) is 12.3 Å². The molecule has 0 spiro atoms. The van der Waals surface area contributed by atoms with Crippen LogP contribution < -0.4 is 5.73 Å². The molecule has 0 aliphatic carbocycles. The number of aromatic nitrogens is 5. The molecule has 9 nitrogen and oxygen atoms in total. The van der Waals surface area contributed by atoms with Gasteiger partial charge in [-0.1, -0.05) is 0 Å². The first kappa shape index (κ1) is 23.9. The van der Waals surface area contributed by atoms with Crippen molar-refractivity contribution in [2.75, 3.05) is 19.6 Å². The van der Waals surface area contributed by atoms with Gasteiger partial charge in [-0.05, 0) is 13.0 Å². The SMILES string of the molecule is CC(CC#N)N(CC/N=C\C(=C/N)c1nc(-c2cnn(C)c2)cn2nccc12)CC(F)(F)F. The molecule has 0 aliphatic rings. The van der Waals surface area contributed by atoms with Crippen LogP contribution in [-0.4, -0.2) is 67.3 Å². The van der Waals surface area contributed by atoms with Crippen LogP contribution in [0.4, 0.5) is 13.2 Å². The molecule has 0 radical (unpaired) electrons. The van der Waals surface area contributed by atoms with Crippen molar-refractivity contribution in [1.29, 1.82) is 5.26 Å². The van der Waals surface area contributed by atoms with Crippen LogP contribution in [0.15, 0.2) is 42.0 Å². The van der Waals surface area contributed by atoms with Crippen molar-refractivity contribution in [1.82, 2.24) is 29.3 Å². The molecular weight excluding hydrogens is 435 g/mol. The molecule has 3 aromatic heterocycles. The first-order valence-corrected chi connectivity index (χ1v) is 10.1. The van der Waals surface area contributed by atoms with E-state index in [4.69, 9.17) is 16.0 Å². The van der Waals surface area contributed by atoms with Gasteiger partial charge in [-0.25, -0.2) is 9.50 Å². The number of fused-ring (bicyclic) bond motifs is 1. The summed E-state index contributed by atoms with van der Waals surface area (Å²) in [7, 11) is 1.80. The van der Waals surface area contributed by atoms with Crippen LogP contribution >= 0.6 is 0 Å². The zero-order chi connectivity index (χ0) is 24.0. The lowest BCUT2D eigenvalue weighted by atomic mass is 10.1. The third kappa shape index (κ3) is 6.17. The summed E-state index contributed by atoms with van der Waals surface area (Å²) in [5.41, 5.74) is 8.99. The van der Waals surface area contributed by atoms with E-state index in [2.05, 4.69) is 15.2 Å². The van der Waals surface area contributed by atoms with Crippen molar-refractivity contribution in [2.45, 2.75) is 25.6 Å². The smallest absolute Gasteiger partial charge is 0.401 e. The Balaban J connectivity index is 1.80. The minimum absolute atomic E-state index is 0.00199. The molecule has 3 heterocycles. The maximum Gasteiger partial charge on any atom is 0.401 e. The number of alkyl halides is 3. The maximum absolute atomic E-state index is 12.9. The maximum atomic E-state index is 12.9. The Bertz CT molecular complexity index is 1180. The van der Waals surface area contributed by atoms with Crippen LogP contribution in [0, 0.1) is 11.3 Å². The van der Waals surface area contributed by atoms with Gasteiger partial charge in [-0.2, -0.15) is 28.6 Å². The van der Waals surface area contributed by atoms with Gasteiger partial charge in [0.25, 0.3) is 0 Å². The number of allylic oxidation sites excluding steroid dienone is 1. The van der Waals surface area contributed by atoms with E-state index >= 15 is 0 Å². The van der Waals surface area contributed by atoms with Gasteiger partial charge in [0.05, 0.1) is 61.1 Å². The number of aryl methyl sites for hydroxylation is 1. The fourth-order valence-corrected chi connectivity index (χ4v) is 3.31. The molecule has 2 N–H and O–H groups in total. The number of aliphatic imine (C=N–C) groups is 1. The summed E-state index contributed by atoms with van der Waals surface area (Å²) in [4.78, 5) is 10.2. The first-order valence-electron chi connectivity index (χ1n) is 10.1. The molecular formula is C21H24F3N9. The molecule has 12 heteroatoms. The van der Waals surface area contributed by atoms with Crippen molar-refractivity contribution in [3.05, 3.63) is 42.7 Å².